The van der Waals surface area contributed by atoms with Crippen LogP contribution in [0.1, 0.15) is 11.1 Å². The summed E-state index contributed by atoms with van der Waals surface area (Å²) in [6.07, 6.45) is 0. The average molecular weight is 357 g/mol. The summed E-state index contributed by atoms with van der Waals surface area (Å²) in [7, 11) is 0. The largest absolute Gasteiger partial charge is 0.509 e. The second kappa shape index (κ2) is 8.00. The van der Waals surface area contributed by atoms with Gasteiger partial charge in [-0.15, -0.1) is 5.46 Å². The summed E-state index contributed by atoms with van der Waals surface area (Å²) in [4.78, 5) is 0. The maximum atomic E-state index is 13.1. The number of halogens is 3. The molecule has 0 aliphatic rings. The Balaban J connectivity index is 1.80. The van der Waals surface area contributed by atoms with Crippen molar-refractivity contribution in [2.24, 2.45) is 0 Å². The van der Waals surface area contributed by atoms with E-state index in [1.165, 1.54) is 6.07 Å². The van der Waals surface area contributed by atoms with E-state index in [9.17, 15) is 12.9 Å². The fourth-order valence-electron chi connectivity index (χ4n) is 2.43. The Bertz CT molecular complexity index is 837. The van der Waals surface area contributed by atoms with Crippen LogP contribution < -0.4 is 14.9 Å². The molecule has 0 fully saturated rings. The van der Waals surface area contributed by atoms with Crippen molar-refractivity contribution in [2.45, 2.75) is 13.2 Å². The molecule has 3 rings (SSSR count). The lowest BCUT2D eigenvalue weighted by Crippen LogP contribution is -2.33. The van der Waals surface area contributed by atoms with Crippen molar-refractivity contribution in [3.05, 3.63) is 90.0 Å². The van der Waals surface area contributed by atoms with Crippen LogP contribution in [0, 0.1) is 0 Å². The van der Waals surface area contributed by atoms with Crippen molar-refractivity contribution in [3.63, 3.8) is 0 Å². The molecule has 0 spiro atoms. The van der Waals surface area contributed by atoms with E-state index in [0.29, 0.717) is 0 Å². The van der Waals surface area contributed by atoms with Crippen molar-refractivity contribution in [1.82, 2.24) is 0 Å². The van der Waals surface area contributed by atoms with Crippen molar-refractivity contribution >= 4 is 12.4 Å². The Morgan fingerprint density at radius 1 is 0.615 bits per heavy atom. The summed E-state index contributed by atoms with van der Waals surface area (Å²) in [5.41, 5.74) is 1.08. The minimum absolute atomic E-state index is 0.0847. The molecule has 3 aromatic rings. The molecule has 0 amide bonds. The Hall–Kier alpha value is -2.89. The Kier molecular flexibility index (Phi) is 5.51. The molecule has 0 N–H and O–H groups in total. The van der Waals surface area contributed by atoms with E-state index in [-0.39, 0.29) is 24.7 Å². The Labute approximate surface area is 150 Å². The van der Waals surface area contributed by atoms with Gasteiger partial charge in [0.05, 0.1) is 0 Å². The molecule has 2 nitrogen and oxygen atoms in total. The smallest absolute Gasteiger partial charge is 0.485 e. The van der Waals surface area contributed by atoms with Gasteiger partial charge in [-0.25, -0.2) is 0 Å². The molecule has 0 aromatic heterocycles. The van der Waals surface area contributed by atoms with E-state index in [1.54, 1.807) is 0 Å². The van der Waals surface area contributed by atoms with E-state index in [1.807, 2.05) is 60.7 Å². The van der Waals surface area contributed by atoms with Gasteiger partial charge in [0.2, 0.25) is 0 Å². The third-order valence-electron chi connectivity index (χ3n) is 3.82. The predicted octanol–water partition coefficient (Wildman–Crippen LogP) is 4.90. The minimum Gasteiger partial charge on any atom is -0.485 e. The Morgan fingerprint density at radius 3 is 1.62 bits per heavy atom. The molecule has 0 heterocycles. The van der Waals surface area contributed by atoms with Gasteiger partial charge in [0.15, 0.2) is 11.5 Å². The van der Waals surface area contributed by atoms with Gasteiger partial charge in [0.1, 0.15) is 13.2 Å². The highest BCUT2D eigenvalue weighted by atomic mass is 19.4. The molecule has 26 heavy (non-hydrogen) atoms. The first-order chi connectivity index (χ1) is 12.5. The van der Waals surface area contributed by atoms with E-state index in [4.69, 9.17) is 9.47 Å². The van der Waals surface area contributed by atoms with Gasteiger partial charge in [-0.3, -0.25) is 0 Å². The second-order valence-corrected chi connectivity index (χ2v) is 5.83. The van der Waals surface area contributed by atoms with Crippen LogP contribution >= 0.6 is 0 Å². The van der Waals surface area contributed by atoms with Gasteiger partial charge in [-0.1, -0.05) is 66.7 Å². The molecular weight excluding hydrogens is 340 g/mol. The van der Waals surface area contributed by atoms with Gasteiger partial charge in [0, 0.05) is 0 Å². The Morgan fingerprint density at radius 2 is 1.12 bits per heavy atom. The highest BCUT2D eigenvalue weighted by Gasteiger charge is 2.26. The second-order valence-electron chi connectivity index (χ2n) is 5.83. The van der Waals surface area contributed by atoms with Crippen molar-refractivity contribution in [2.75, 3.05) is 0 Å². The van der Waals surface area contributed by atoms with E-state index >= 15 is 0 Å². The molecule has 0 unspecified atom stereocenters. The molecule has 134 valence electrons. The van der Waals surface area contributed by atoms with Crippen LogP contribution in [-0.2, 0) is 13.2 Å². The van der Waals surface area contributed by atoms with Gasteiger partial charge >= 0.3 is 6.98 Å². The lowest BCUT2D eigenvalue weighted by atomic mass is 9.80. The number of benzene rings is 3. The highest BCUT2D eigenvalue weighted by molar-refractivity contribution is 6.73. The topological polar surface area (TPSA) is 18.5 Å². The maximum Gasteiger partial charge on any atom is 0.509 e. The van der Waals surface area contributed by atoms with Gasteiger partial charge < -0.3 is 22.4 Å². The lowest BCUT2D eigenvalue weighted by Gasteiger charge is -2.19. The number of hydrogen-bond donors (Lipinski definition) is 0. The fourth-order valence-corrected chi connectivity index (χ4v) is 2.43. The number of rotatable bonds is 7. The van der Waals surface area contributed by atoms with E-state index < -0.39 is 12.4 Å². The summed E-state index contributed by atoms with van der Waals surface area (Å²) in [5, 5.41) is 0. The molecular formula is C20H17BF3O2-. The van der Waals surface area contributed by atoms with E-state index in [0.717, 1.165) is 23.3 Å². The molecule has 0 atom stereocenters. The van der Waals surface area contributed by atoms with Crippen molar-refractivity contribution in [3.8, 4) is 11.5 Å². The first kappa shape index (κ1) is 17.9. The molecule has 3 aromatic carbocycles. The van der Waals surface area contributed by atoms with Crippen LogP contribution in [0.2, 0.25) is 0 Å². The lowest BCUT2D eigenvalue weighted by molar-refractivity contribution is 0.256. The summed E-state index contributed by atoms with van der Waals surface area (Å²) >= 11 is 0. The molecule has 0 saturated carbocycles. The van der Waals surface area contributed by atoms with Crippen LogP contribution in [0.25, 0.3) is 0 Å². The van der Waals surface area contributed by atoms with Crippen LogP contribution in [0.3, 0.4) is 0 Å². The first-order valence-electron chi connectivity index (χ1n) is 8.20. The highest BCUT2D eigenvalue weighted by Crippen LogP contribution is 2.29. The minimum atomic E-state index is -5.11. The zero-order valence-corrected chi connectivity index (χ0v) is 13.9. The maximum absolute atomic E-state index is 13.1. The quantitative estimate of drug-likeness (QED) is 0.560. The van der Waals surface area contributed by atoms with Crippen molar-refractivity contribution < 1.29 is 22.4 Å². The normalized spacial score (nSPS) is 11.2. The molecule has 0 bridgehead atoms. The fraction of sp³-hybridized carbons (Fsp3) is 0.100. The van der Waals surface area contributed by atoms with Gasteiger partial charge in [0.25, 0.3) is 0 Å². The molecule has 0 aliphatic heterocycles. The first-order valence-corrected chi connectivity index (χ1v) is 8.20. The van der Waals surface area contributed by atoms with Crippen molar-refractivity contribution in [1.29, 1.82) is 0 Å². The standard InChI is InChI=1S/C20H17BF3O2/c22-21(23,24)18-11-12-19(25-14-16-7-3-1-4-8-16)20(13-18)26-15-17-9-5-2-6-10-17/h1-13H,14-15H2/q-1. The summed E-state index contributed by atoms with van der Waals surface area (Å²) in [6.45, 7) is -4.69. The average Bonchev–Trinajstić information content (AvgIpc) is 2.66. The third kappa shape index (κ3) is 4.82. The monoisotopic (exact) mass is 357 g/mol. The van der Waals surface area contributed by atoms with Gasteiger partial charge in [-0.2, -0.15) is 0 Å². The van der Waals surface area contributed by atoms with Gasteiger partial charge in [-0.05, 0) is 23.3 Å². The number of ether oxygens (including phenoxy) is 2. The SMILES string of the molecule is F[B-](F)(F)c1ccc(OCc2ccccc2)c(OCc2ccccc2)c1. The zero-order chi connectivity index (χ0) is 18.4. The predicted molar refractivity (Wildman–Crippen MR) is 96.7 cm³/mol. The van der Waals surface area contributed by atoms with Crippen LogP contribution in [0.4, 0.5) is 12.9 Å². The van der Waals surface area contributed by atoms with Crippen LogP contribution in [-0.4, -0.2) is 6.98 Å². The van der Waals surface area contributed by atoms with Crippen LogP contribution in [0.15, 0.2) is 78.9 Å². The van der Waals surface area contributed by atoms with E-state index in [2.05, 4.69) is 0 Å². The summed E-state index contributed by atoms with van der Waals surface area (Å²) in [6, 6.07) is 22.0. The molecule has 6 heteroatoms. The molecule has 0 radical (unpaired) electrons. The van der Waals surface area contributed by atoms with Crippen LogP contribution in [0.5, 0.6) is 11.5 Å². The number of hydrogen-bond acceptors (Lipinski definition) is 2. The third-order valence-corrected chi connectivity index (χ3v) is 3.82. The summed E-state index contributed by atoms with van der Waals surface area (Å²) < 4.78 is 50.6. The zero-order valence-electron chi connectivity index (χ0n) is 13.9. The molecule has 0 saturated heterocycles. The molecule has 0 aliphatic carbocycles. The summed E-state index contributed by atoms with van der Waals surface area (Å²) in [5.74, 6) is 0.370.